The van der Waals surface area contributed by atoms with Gasteiger partial charge in [-0.2, -0.15) is 5.26 Å². The lowest BCUT2D eigenvalue weighted by Crippen LogP contribution is -2.08. The highest BCUT2D eigenvalue weighted by Gasteiger charge is 1.93. The summed E-state index contributed by atoms with van der Waals surface area (Å²) < 4.78 is 0. The fraction of sp³-hybridized carbons (Fsp3) is 0.222. The highest BCUT2D eigenvalue weighted by atomic mass is 15.1. The predicted molar refractivity (Wildman–Crippen MR) is 44.3 cm³/mol. The molecule has 0 aliphatic carbocycles. The number of benzene rings is 1. The first-order valence-electron chi connectivity index (χ1n) is 3.33. The van der Waals surface area contributed by atoms with Crippen LogP contribution in [-0.4, -0.2) is 14.1 Å². The fourth-order valence-electron chi connectivity index (χ4n) is 0.764. The van der Waals surface area contributed by atoms with E-state index in [0.29, 0.717) is 5.56 Å². The molecule has 0 fully saturated rings. The van der Waals surface area contributed by atoms with Crippen LogP contribution in [0.15, 0.2) is 18.2 Å². The van der Waals surface area contributed by atoms with Crippen LogP contribution in [0.25, 0.3) is 0 Å². The Morgan fingerprint density at radius 3 is 2.55 bits per heavy atom. The van der Waals surface area contributed by atoms with Crippen molar-refractivity contribution < 1.29 is 0 Å². The second-order valence-electron chi connectivity index (χ2n) is 2.47. The molecule has 0 unspecified atom stereocenters. The van der Waals surface area contributed by atoms with E-state index < -0.39 is 0 Å². The van der Waals surface area contributed by atoms with Gasteiger partial charge in [0.1, 0.15) is 0 Å². The van der Waals surface area contributed by atoms with E-state index in [1.807, 2.05) is 31.1 Å². The first-order valence-corrected chi connectivity index (χ1v) is 3.33. The van der Waals surface area contributed by atoms with E-state index in [2.05, 4.69) is 6.07 Å². The van der Waals surface area contributed by atoms with Crippen molar-refractivity contribution in [3.8, 4) is 6.07 Å². The van der Waals surface area contributed by atoms with Crippen LogP contribution in [0.5, 0.6) is 0 Å². The molecule has 1 aromatic carbocycles. The number of nitriles is 1. The van der Waals surface area contributed by atoms with Gasteiger partial charge < -0.3 is 4.90 Å². The molecule has 0 atom stereocenters. The molecule has 1 aromatic rings. The van der Waals surface area contributed by atoms with E-state index in [1.54, 1.807) is 12.1 Å². The smallest absolute Gasteiger partial charge is 0.0991 e. The molecule has 11 heavy (non-hydrogen) atoms. The molecule has 0 bridgehead atoms. The topological polar surface area (TPSA) is 27.0 Å². The normalized spacial score (nSPS) is 8.82. The van der Waals surface area contributed by atoms with Gasteiger partial charge in [-0.25, -0.2) is 0 Å². The van der Waals surface area contributed by atoms with E-state index in [1.165, 1.54) is 0 Å². The first-order chi connectivity index (χ1) is 5.24. The molecule has 55 valence electrons. The van der Waals surface area contributed by atoms with Gasteiger partial charge in [0, 0.05) is 25.8 Å². The molecule has 0 aliphatic rings. The Labute approximate surface area is 66.7 Å². The van der Waals surface area contributed by atoms with Gasteiger partial charge in [0.25, 0.3) is 0 Å². The maximum absolute atomic E-state index is 8.48. The van der Waals surface area contributed by atoms with E-state index >= 15 is 0 Å². The molecule has 1 radical (unpaired) electrons. The van der Waals surface area contributed by atoms with Crippen LogP contribution in [0.1, 0.15) is 5.56 Å². The summed E-state index contributed by atoms with van der Waals surface area (Å²) in [7, 11) is 3.88. The summed E-state index contributed by atoms with van der Waals surface area (Å²) in [6.45, 7) is 0. The molecule has 0 N–H and O–H groups in total. The summed E-state index contributed by atoms with van der Waals surface area (Å²) in [5.41, 5.74) is 1.64. The average Bonchev–Trinajstić information content (AvgIpc) is 2.05. The van der Waals surface area contributed by atoms with Gasteiger partial charge in [0.15, 0.2) is 0 Å². The highest BCUT2D eigenvalue weighted by Crippen LogP contribution is 2.09. The number of hydrogen-bond acceptors (Lipinski definition) is 2. The molecular formula is C9H9N2. The average molecular weight is 145 g/mol. The Morgan fingerprint density at radius 2 is 2.18 bits per heavy atom. The predicted octanol–water partition coefficient (Wildman–Crippen LogP) is 1.42. The van der Waals surface area contributed by atoms with Crippen molar-refractivity contribution in [2.45, 2.75) is 0 Å². The van der Waals surface area contributed by atoms with Gasteiger partial charge in [-0.3, -0.25) is 0 Å². The van der Waals surface area contributed by atoms with Crippen LogP contribution < -0.4 is 4.90 Å². The second kappa shape index (κ2) is 3.07. The number of nitrogens with zero attached hydrogens (tertiary/aromatic N) is 2. The zero-order valence-corrected chi connectivity index (χ0v) is 6.63. The maximum atomic E-state index is 8.48. The van der Waals surface area contributed by atoms with Crippen molar-refractivity contribution in [1.29, 1.82) is 5.26 Å². The zero-order valence-electron chi connectivity index (χ0n) is 6.63. The van der Waals surface area contributed by atoms with Crippen LogP contribution in [0.2, 0.25) is 0 Å². The Balaban J connectivity index is 2.94. The SMILES string of the molecule is CN(C)c1[c]cc(C#N)cc1. The fourth-order valence-corrected chi connectivity index (χ4v) is 0.764. The maximum Gasteiger partial charge on any atom is 0.0991 e. The lowest BCUT2D eigenvalue weighted by Gasteiger charge is -2.10. The third-order valence-corrected chi connectivity index (χ3v) is 1.41. The van der Waals surface area contributed by atoms with E-state index in [9.17, 15) is 0 Å². The lowest BCUT2D eigenvalue weighted by molar-refractivity contribution is 1.13. The number of rotatable bonds is 1. The number of hydrogen-bond donors (Lipinski definition) is 0. The van der Waals surface area contributed by atoms with Gasteiger partial charge in [-0.15, -0.1) is 0 Å². The highest BCUT2D eigenvalue weighted by molar-refractivity contribution is 5.47. The minimum absolute atomic E-state index is 0.649. The van der Waals surface area contributed by atoms with Gasteiger partial charge in [0.05, 0.1) is 11.6 Å². The Hall–Kier alpha value is -1.49. The Bertz CT molecular complexity index is 267. The quantitative estimate of drug-likeness (QED) is 0.597. The summed E-state index contributed by atoms with van der Waals surface area (Å²) in [5, 5.41) is 8.48. The van der Waals surface area contributed by atoms with Crippen molar-refractivity contribution in [2.24, 2.45) is 0 Å². The summed E-state index contributed by atoms with van der Waals surface area (Å²) in [6.07, 6.45) is 0. The largest absolute Gasteiger partial charge is 0.377 e. The molecule has 0 heterocycles. The van der Waals surface area contributed by atoms with Gasteiger partial charge in [-0.05, 0) is 18.2 Å². The van der Waals surface area contributed by atoms with E-state index in [-0.39, 0.29) is 0 Å². The molecule has 0 saturated heterocycles. The van der Waals surface area contributed by atoms with Crippen LogP contribution in [0.4, 0.5) is 5.69 Å². The first kappa shape index (κ1) is 7.62. The minimum Gasteiger partial charge on any atom is -0.377 e. The van der Waals surface area contributed by atoms with Crippen LogP contribution in [-0.2, 0) is 0 Å². The summed E-state index contributed by atoms with van der Waals surface area (Å²) in [4.78, 5) is 1.95. The summed E-state index contributed by atoms with van der Waals surface area (Å²) in [5.74, 6) is 0. The molecule has 0 aliphatic heterocycles. The Kier molecular flexibility index (Phi) is 2.12. The molecule has 0 aromatic heterocycles. The lowest BCUT2D eigenvalue weighted by atomic mass is 10.2. The molecule has 2 heteroatoms. The zero-order chi connectivity index (χ0) is 8.27. The monoisotopic (exact) mass is 145 g/mol. The van der Waals surface area contributed by atoms with Gasteiger partial charge in [-0.1, -0.05) is 0 Å². The minimum atomic E-state index is 0.649. The molecule has 2 nitrogen and oxygen atoms in total. The van der Waals surface area contributed by atoms with E-state index in [4.69, 9.17) is 5.26 Å². The van der Waals surface area contributed by atoms with Crippen molar-refractivity contribution in [1.82, 2.24) is 0 Å². The number of anilines is 1. The van der Waals surface area contributed by atoms with Gasteiger partial charge >= 0.3 is 0 Å². The standard InChI is InChI=1S/C9H9N2/c1-11(2)9-5-3-8(7-10)4-6-9/h3-5H,1-2H3. The van der Waals surface area contributed by atoms with Crippen LogP contribution >= 0.6 is 0 Å². The van der Waals surface area contributed by atoms with Crippen molar-refractivity contribution >= 4 is 5.69 Å². The molecule has 0 amide bonds. The van der Waals surface area contributed by atoms with Crippen molar-refractivity contribution in [2.75, 3.05) is 19.0 Å². The van der Waals surface area contributed by atoms with E-state index in [0.717, 1.165) is 5.69 Å². The second-order valence-corrected chi connectivity index (χ2v) is 2.47. The molecule has 0 saturated carbocycles. The molecular weight excluding hydrogens is 136 g/mol. The Morgan fingerprint density at radius 1 is 1.45 bits per heavy atom. The van der Waals surface area contributed by atoms with Crippen LogP contribution in [0.3, 0.4) is 0 Å². The summed E-state index contributed by atoms with van der Waals surface area (Å²) in [6, 6.07) is 10.4. The summed E-state index contributed by atoms with van der Waals surface area (Å²) >= 11 is 0. The van der Waals surface area contributed by atoms with Crippen molar-refractivity contribution in [3.63, 3.8) is 0 Å². The molecule has 0 spiro atoms. The molecule has 1 rings (SSSR count). The van der Waals surface area contributed by atoms with Gasteiger partial charge in [0.2, 0.25) is 0 Å². The van der Waals surface area contributed by atoms with Crippen LogP contribution in [0, 0.1) is 17.4 Å². The van der Waals surface area contributed by atoms with Crippen molar-refractivity contribution in [3.05, 3.63) is 29.8 Å². The third kappa shape index (κ3) is 1.71. The third-order valence-electron chi connectivity index (χ3n) is 1.41.